The summed E-state index contributed by atoms with van der Waals surface area (Å²) in [6, 6.07) is 0.534. The topological polar surface area (TPSA) is 52.6 Å². The molecule has 23 heavy (non-hydrogen) atoms. The summed E-state index contributed by atoms with van der Waals surface area (Å²) in [6.45, 7) is 11.1. The smallest absolute Gasteiger partial charge is 0.191 e. The highest BCUT2D eigenvalue weighted by Crippen LogP contribution is 2.12. The minimum atomic E-state index is 0.534. The number of guanidine groups is 1. The predicted molar refractivity (Wildman–Crippen MR) is 99.4 cm³/mol. The van der Waals surface area contributed by atoms with Crippen LogP contribution in [0.15, 0.2) is 11.2 Å². The molecule has 0 spiro atoms. The molecule has 0 aliphatic carbocycles. The highest BCUT2D eigenvalue weighted by atomic mass is 32.1. The van der Waals surface area contributed by atoms with E-state index in [0.717, 1.165) is 24.8 Å². The molecule has 0 aromatic carbocycles. The highest BCUT2D eigenvalue weighted by molar-refractivity contribution is 7.11. The third kappa shape index (κ3) is 6.47. The van der Waals surface area contributed by atoms with Crippen LogP contribution in [0.1, 0.15) is 36.6 Å². The first kappa shape index (κ1) is 18.2. The minimum absolute atomic E-state index is 0.534. The molecule has 2 heterocycles. The van der Waals surface area contributed by atoms with Crippen LogP contribution >= 0.6 is 11.3 Å². The number of rotatable bonds is 6. The molecule has 5 nitrogen and oxygen atoms in total. The number of aliphatic imine (C=N–C) groups is 1. The standard InChI is InChI=1S/C17H31N5S/c1-13(2)12-22-9-6-15(7-10-22)21-17(18-4)19-8-5-16-20-11-14(3)23-16/h11,13,15H,5-10,12H2,1-4H3,(H2,18,19,21). The number of hydrogen-bond acceptors (Lipinski definition) is 4. The quantitative estimate of drug-likeness (QED) is 0.618. The fourth-order valence-corrected chi connectivity index (χ4v) is 3.76. The maximum atomic E-state index is 4.40. The summed E-state index contributed by atoms with van der Waals surface area (Å²) in [7, 11) is 1.84. The molecule has 2 rings (SSSR count). The average Bonchev–Trinajstić information content (AvgIpc) is 2.93. The molecule has 0 unspecified atom stereocenters. The summed E-state index contributed by atoms with van der Waals surface area (Å²) < 4.78 is 0. The lowest BCUT2D eigenvalue weighted by atomic mass is 10.0. The van der Waals surface area contributed by atoms with Gasteiger partial charge in [-0.05, 0) is 25.7 Å². The number of nitrogens with one attached hydrogen (secondary N) is 2. The molecule has 1 aliphatic rings. The molecular weight excluding hydrogens is 306 g/mol. The zero-order valence-electron chi connectivity index (χ0n) is 14.9. The molecule has 2 N–H and O–H groups in total. The SMILES string of the molecule is CN=C(NCCc1ncc(C)s1)NC1CCN(CC(C)C)CC1. The van der Waals surface area contributed by atoms with Gasteiger partial charge in [-0.15, -0.1) is 11.3 Å². The molecule has 1 fully saturated rings. The van der Waals surface area contributed by atoms with Gasteiger partial charge in [-0.1, -0.05) is 13.8 Å². The highest BCUT2D eigenvalue weighted by Gasteiger charge is 2.20. The number of piperidine rings is 1. The summed E-state index contributed by atoms with van der Waals surface area (Å²) in [4.78, 5) is 12.6. The molecule has 0 amide bonds. The number of aromatic nitrogens is 1. The van der Waals surface area contributed by atoms with Crippen molar-refractivity contribution in [2.75, 3.05) is 33.2 Å². The summed E-state index contributed by atoms with van der Waals surface area (Å²) in [6.07, 6.45) is 5.28. The van der Waals surface area contributed by atoms with Crippen LogP contribution in [0.3, 0.4) is 0 Å². The van der Waals surface area contributed by atoms with Gasteiger partial charge in [0.1, 0.15) is 0 Å². The Bertz CT molecular complexity index is 489. The van der Waals surface area contributed by atoms with E-state index >= 15 is 0 Å². The molecule has 0 bridgehead atoms. The van der Waals surface area contributed by atoms with E-state index in [1.54, 1.807) is 11.3 Å². The first-order valence-electron chi connectivity index (χ1n) is 8.67. The van der Waals surface area contributed by atoms with Crippen LogP contribution in [0.5, 0.6) is 0 Å². The summed E-state index contributed by atoms with van der Waals surface area (Å²) in [5.41, 5.74) is 0. The Hall–Kier alpha value is -1.14. The lowest BCUT2D eigenvalue weighted by Gasteiger charge is -2.33. The first-order valence-corrected chi connectivity index (χ1v) is 9.49. The molecule has 0 atom stereocenters. The summed E-state index contributed by atoms with van der Waals surface area (Å²) in [5.74, 6) is 1.67. The summed E-state index contributed by atoms with van der Waals surface area (Å²) in [5, 5.41) is 8.16. The predicted octanol–water partition coefficient (Wildman–Crippen LogP) is 2.28. The molecule has 0 saturated carbocycles. The van der Waals surface area contributed by atoms with E-state index in [1.165, 1.54) is 42.4 Å². The van der Waals surface area contributed by atoms with E-state index in [4.69, 9.17) is 0 Å². The average molecular weight is 338 g/mol. The zero-order chi connectivity index (χ0) is 16.7. The minimum Gasteiger partial charge on any atom is -0.356 e. The van der Waals surface area contributed by atoms with Gasteiger partial charge in [0.15, 0.2) is 5.96 Å². The Balaban J connectivity index is 1.67. The third-order valence-corrected chi connectivity index (χ3v) is 5.05. The first-order chi connectivity index (χ1) is 11.1. The van der Waals surface area contributed by atoms with Gasteiger partial charge in [-0.2, -0.15) is 0 Å². The Morgan fingerprint density at radius 1 is 1.43 bits per heavy atom. The van der Waals surface area contributed by atoms with Gasteiger partial charge in [0.25, 0.3) is 0 Å². The molecule has 1 saturated heterocycles. The molecule has 130 valence electrons. The van der Waals surface area contributed by atoms with Crippen molar-refractivity contribution in [1.82, 2.24) is 20.5 Å². The Labute approximate surface area is 144 Å². The number of nitrogens with zero attached hydrogens (tertiary/aromatic N) is 3. The van der Waals surface area contributed by atoms with Crippen molar-refractivity contribution >= 4 is 17.3 Å². The molecular formula is C17H31N5S. The Morgan fingerprint density at radius 2 is 2.17 bits per heavy atom. The number of likely N-dealkylation sites (tertiary alicyclic amines) is 1. The van der Waals surface area contributed by atoms with Crippen molar-refractivity contribution in [3.8, 4) is 0 Å². The van der Waals surface area contributed by atoms with Crippen molar-refractivity contribution in [3.63, 3.8) is 0 Å². The number of thiazole rings is 1. The van der Waals surface area contributed by atoms with Crippen LogP contribution in [0.25, 0.3) is 0 Å². The zero-order valence-corrected chi connectivity index (χ0v) is 15.7. The van der Waals surface area contributed by atoms with Crippen LogP contribution in [0.2, 0.25) is 0 Å². The van der Waals surface area contributed by atoms with E-state index in [-0.39, 0.29) is 0 Å². The van der Waals surface area contributed by atoms with Crippen molar-refractivity contribution in [2.45, 2.75) is 46.1 Å². The summed E-state index contributed by atoms with van der Waals surface area (Å²) >= 11 is 1.77. The van der Waals surface area contributed by atoms with Gasteiger partial charge < -0.3 is 15.5 Å². The van der Waals surface area contributed by atoms with E-state index < -0.39 is 0 Å². The van der Waals surface area contributed by atoms with Crippen LogP contribution in [0, 0.1) is 12.8 Å². The van der Waals surface area contributed by atoms with E-state index in [0.29, 0.717) is 6.04 Å². The van der Waals surface area contributed by atoms with Crippen LogP contribution in [0.4, 0.5) is 0 Å². The van der Waals surface area contributed by atoms with Gasteiger partial charge in [0.2, 0.25) is 0 Å². The second-order valence-electron chi connectivity index (χ2n) is 6.73. The van der Waals surface area contributed by atoms with Gasteiger partial charge in [0, 0.05) is 56.8 Å². The van der Waals surface area contributed by atoms with Gasteiger partial charge >= 0.3 is 0 Å². The second kappa shape index (κ2) is 9.23. The van der Waals surface area contributed by atoms with Crippen molar-refractivity contribution in [3.05, 3.63) is 16.1 Å². The van der Waals surface area contributed by atoms with Crippen molar-refractivity contribution in [1.29, 1.82) is 0 Å². The second-order valence-corrected chi connectivity index (χ2v) is 8.05. The van der Waals surface area contributed by atoms with Crippen LogP contribution < -0.4 is 10.6 Å². The maximum absolute atomic E-state index is 4.40. The molecule has 1 aliphatic heterocycles. The largest absolute Gasteiger partial charge is 0.356 e. The Kier molecular flexibility index (Phi) is 7.30. The molecule has 6 heteroatoms. The maximum Gasteiger partial charge on any atom is 0.191 e. The van der Waals surface area contributed by atoms with Crippen molar-refractivity contribution < 1.29 is 0 Å². The van der Waals surface area contributed by atoms with Gasteiger partial charge in [0.05, 0.1) is 5.01 Å². The van der Waals surface area contributed by atoms with E-state index in [9.17, 15) is 0 Å². The third-order valence-electron chi connectivity index (χ3n) is 4.08. The van der Waals surface area contributed by atoms with E-state index in [1.807, 2.05) is 13.2 Å². The van der Waals surface area contributed by atoms with Crippen molar-refractivity contribution in [2.24, 2.45) is 10.9 Å². The monoisotopic (exact) mass is 337 g/mol. The van der Waals surface area contributed by atoms with E-state index in [2.05, 4.69) is 46.3 Å². The Morgan fingerprint density at radius 3 is 2.74 bits per heavy atom. The lowest BCUT2D eigenvalue weighted by Crippen LogP contribution is -2.49. The number of aryl methyl sites for hydroxylation is 1. The van der Waals surface area contributed by atoms with Gasteiger partial charge in [-0.25, -0.2) is 4.98 Å². The van der Waals surface area contributed by atoms with Crippen LogP contribution in [-0.4, -0.2) is 55.1 Å². The van der Waals surface area contributed by atoms with Crippen LogP contribution in [-0.2, 0) is 6.42 Å². The number of hydrogen-bond donors (Lipinski definition) is 2. The van der Waals surface area contributed by atoms with Gasteiger partial charge in [-0.3, -0.25) is 4.99 Å². The fourth-order valence-electron chi connectivity index (χ4n) is 2.97. The fraction of sp³-hybridized carbons (Fsp3) is 0.765. The molecule has 0 radical (unpaired) electrons. The molecule has 1 aromatic heterocycles. The lowest BCUT2D eigenvalue weighted by molar-refractivity contribution is 0.187. The normalized spacial score (nSPS) is 17.7. The molecule has 1 aromatic rings.